The van der Waals surface area contributed by atoms with Crippen molar-refractivity contribution < 1.29 is 0 Å². The second kappa shape index (κ2) is 5.51. The molecule has 2 aromatic rings. The van der Waals surface area contributed by atoms with Gasteiger partial charge in [0, 0.05) is 5.02 Å². The lowest BCUT2D eigenvalue weighted by atomic mass is 10.0. The summed E-state index contributed by atoms with van der Waals surface area (Å²) in [7, 11) is 0. The van der Waals surface area contributed by atoms with Gasteiger partial charge in [-0.15, -0.1) is 0 Å². The second-order valence-corrected chi connectivity index (χ2v) is 6.13. The highest BCUT2D eigenvalue weighted by Crippen LogP contribution is 2.43. The molecule has 0 radical (unpaired) electrons. The summed E-state index contributed by atoms with van der Waals surface area (Å²) < 4.78 is 0.854. The summed E-state index contributed by atoms with van der Waals surface area (Å²) in [6.07, 6.45) is 4.42. The Balaban J connectivity index is 1.81. The molecule has 4 heteroatoms. The zero-order valence-electron chi connectivity index (χ0n) is 10.3. The van der Waals surface area contributed by atoms with E-state index in [1.165, 1.54) is 18.4 Å². The number of nitrogens with zero attached hydrogens (tertiary/aromatic N) is 1. The third-order valence-corrected chi connectivity index (χ3v) is 4.09. The van der Waals surface area contributed by atoms with E-state index in [1.807, 2.05) is 30.5 Å². The van der Waals surface area contributed by atoms with E-state index < -0.39 is 0 Å². The molecular weight excluding hydrogens is 324 g/mol. The van der Waals surface area contributed by atoms with E-state index in [9.17, 15) is 0 Å². The van der Waals surface area contributed by atoms with E-state index in [4.69, 9.17) is 11.6 Å². The van der Waals surface area contributed by atoms with Crippen molar-refractivity contribution in [1.29, 1.82) is 0 Å². The van der Waals surface area contributed by atoms with Crippen LogP contribution in [0.2, 0.25) is 5.02 Å². The number of hydrogen-bond acceptors (Lipinski definition) is 2. The molecule has 1 unspecified atom stereocenters. The molecule has 1 atom stereocenters. The lowest BCUT2D eigenvalue weighted by Crippen LogP contribution is -2.12. The molecule has 0 amide bonds. The molecule has 1 fully saturated rings. The summed E-state index contributed by atoms with van der Waals surface area (Å²) in [5.74, 6) is 0.713. The maximum absolute atomic E-state index is 5.95. The van der Waals surface area contributed by atoms with Crippen LogP contribution in [0, 0.1) is 5.92 Å². The Morgan fingerprint density at radius 2 is 1.89 bits per heavy atom. The molecule has 3 rings (SSSR count). The van der Waals surface area contributed by atoms with Gasteiger partial charge in [-0.2, -0.15) is 0 Å². The van der Waals surface area contributed by atoms with E-state index in [0.29, 0.717) is 12.0 Å². The van der Waals surface area contributed by atoms with Gasteiger partial charge in [-0.25, -0.2) is 4.98 Å². The first-order chi connectivity index (χ1) is 9.22. The third-order valence-electron chi connectivity index (χ3n) is 3.37. The predicted molar refractivity (Wildman–Crippen MR) is 82.5 cm³/mol. The normalized spacial score (nSPS) is 16.1. The molecule has 1 aliphatic rings. The van der Waals surface area contributed by atoms with Gasteiger partial charge in [-0.3, -0.25) is 0 Å². The van der Waals surface area contributed by atoms with Crippen LogP contribution >= 0.6 is 27.5 Å². The van der Waals surface area contributed by atoms with Crippen molar-refractivity contribution in [2.45, 2.75) is 18.9 Å². The first-order valence-electron chi connectivity index (χ1n) is 6.36. The third kappa shape index (κ3) is 3.28. The molecule has 1 saturated carbocycles. The van der Waals surface area contributed by atoms with Crippen molar-refractivity contribution >= 4 is 33.2 Å². The van der Waals surface area contributed by atoms with Gasteiger partial charge in [-0.05, 0) is 64.5 Å². The highest BCUT2D eigenvalue weighted by atomic mass is 79.9. The number of halogens is 2. The van der Waals surface area contributed by atoms with Gasteiger partial charge >= 0.3 is 0 Å². The smallest absolute Gasteiger partial charge is 0.106 e. The maximum atomic E-state index is 5.95. The first-order valence-corrected chi connectivity index (χ1v) is 7.53. The molecule has 0 saturated heterocycles. The SMILES string of the molecule is Clc1ccc(C(Nc2ccc(Br)nc2)C2CC2)cc1. The summed E-state index contributed by atoms with van der Waals surface area (Å²) in [5, 5.41) is 4.36. The Hall–Kier alpha value is -1.06. The van der Waals surface area contributed by atoms with Crippen molar-refractivity contribution in [2.75, 3.05) is 5.32 Å². The van der Waals surface area contributed by atoms with Crippen LogP contribution in [0.3, 0.4) is 0 Å². The predicted octanol–water partition coefficient (Wildman–Crippen LogP) is 5.06. The number of anilines is 1. The van der Waals surface area contributed by atoms with Crippen LogP contribution in [0.5, 0.6) is 0 Å². The fraction of sp³-hybridized carbons (Fsp3) is 0.267. The molecule has 1 aliphatic carbocycles. The maximum Gasteiger partial charge on any atom is 0.106 e. The standard InChI is InChI=1S/C15H14BrClN2/c16-14-8-7-13(9-18-14)19-15(10-1-2-10)11-3-5-12(17)6-4-11/h3-10,15,19H,1-2H2. The lowest BCUT2D eigenvalue weighted by molar-refractivity contribution is 0.678. The summed E-state index contributed by atoms with van der Waals surface area (Å²) in [6, 6.07) is 12.5. The molecule has 1 N–H and O–H groups in total. The van der Waals surface area contributed by atoms with Crippen LogP contribution in [0.4, 0.5) is 5.69 Å². The van der Waals surface area contributed by atoms with Gasteiger partial charge in [0.15, 0.2) is 0 Å². The molecule has 1 aromatic heterocycles. The van der Waals surface area contributed by atoms with Crippen LogP contribution in [-0.2, 0) is 0 Å². The van der Waals surface area contributed by atoms with Crippen molar-refractivity contribution in [1.82, 2.24) is 4.98 Å². The average molecular weight is 338 g/mol. The quantitative estimate of drug-likeness (QED) is 0.789. The van der Waals surface area contributed by atoms with E-state index in [-0.39, 0.29) is 0 Å². The van der Waals surface area contributed by atoms with E-state index >= 15 is 0 Å². The monoisotopic (exact) mass is 336 g/mol. The molecule has 98 valence electrons. The molecule has 1 heterocycles. The molecule has 19 heavy (non-hydrogen) atoms. The van der Waals surface area contributed by atoms with Crippen molar-refractivity contribution in [3.8, 4) is 0 Å². The summed E-state index contributed by atoms with van der Waals surface area (Å²) in [5.41, 5.74) is 2.34. The molecule has 0 spiro atoms. The minimum atomic E-state index is 0.347. The number of hydrogen-bond donors (Lipinski definition) is 1. The fourth-order valence-electron chi connectivity index (χ4n) is 2.21. The van der Waals surface area contributed by atoms with Crippen molar-refractivity contribution in [2.24, 2.45) is 5.92 Å². The highest BCUT2D eigenvalue weighted by Gasteiger charge is 2.32. The van der Waals surface area contributed by atoms with E-state index in [1.54, 1.807) is 0 Å². The Morgan fingerprint density at radius 3 is 2.47 bits per heavy atom. The number of nitrogens with one attached hydrogen (secondary N) is 1. The van der Waals surface area contributed by atoms with Crippen molar-refractivity contribution in [3.63, 3.8) is 0 Å². The Morgan fingerprint density at radius 1 is 1.16 bits per heavy atom. The first kappa shape index (κ1) is 12.9. The molecular formula is C15H14BrClN2. The minimum absolute atomic E-state index is 0.347. The largest absolute Gasteiger partial charge is 0.377 e. The zero-order chi connectivity index (χ0) is 13.2. The number of aromatic nitrogens is 1. The summed E-state index contributed by atoms with van der Waals surface area (Å²) in [6.45, 7) is 0. The number of rotatable bonds is 4. The molecule has 2 nitrogen and oxygen atoms in total. The Bertz CT molecular complexity index is 549. The molecule has 1 aromatic carbocycles. The number of pyridine rings is 1. The van der Waals surface area contributed by atoms with Gasteiger partial charge in [0.05, 0.1) is 17.9 Å². The van der Waals surface area contributed by atoms with Crippen LogP contribution in [-0.4, -0.2) is 4.98 Å². The molecule has 0 aliphatic heterocycles. The van der Waals surface area contributed by atoms with Gasteiger partial charge in [0.1, 0.15) is 4.60 Å². The molecule has 0 bridgehead atoms. The van der Waals surface area contributed by atoms with Crippen LogP contribution in [0.1, 0.15) is 24.4 Å². The minimum Gasteiger partial charge on any atom is -0.377 e. The van der Waals surface area contributed by atoms with Crippen LogP contribution in [0.25, 0.3) is 0 Å². The zero-order valence-corrected chi connectivity index (χ0v) is 12.7. The Labute approximate surface area is 126 Å². The van der Waals surface area contributed by atoms with E-state index in [0.717, 1.165) is 15.3 Å². The highest BCUT2D eigenvalue weighted by molar-refractivity contribution is 9.10. The summed E-state index contributed by atoms with van der Waals surface area (Å²) >= 11 is 9.31. The van der Waals surface area contributed by atoms with E-state index in [2.05, 4.69) is 38.4 Å². The lowest BCUT2D eigenvalue weighted by Gasteiger charge is -2.20. The average Bonchev–Trinajstić information content (AvgIpc) is 3.24. The summed E-state index contributed by atoms with van der Waals surface area (Å²) in [4.78, 5) is 4.25. The second-order valence-electron chi connectivity index (χ2n) is 4.88. The van der Waals surface area contributed by atoms with Gasteiger partial charge in [0.25, 0.3) is 0 Å². The van der Waals surface area contributed by atoms with Crippen LogP contribution < -0.4 is 5.32 Å². The van der Waals surface area contributed by atoms with Crippen molar-refractivity contribution in [3.05, 3.63) is 57.8 Å². The Kier molecular flexibility index (Phi) is 3.76. The topological polar surface area (TPSA) is 24.9 Å². The van der Waals surface area contributed by atoms with Crippen LogP contribution in [0.15, 0.2) is 47.2 Å². The van der Waals surface area contributed by atoms with Gasteiger partial charge in [-0.1, -0.05) is 23.7 Å². The van der Waals surface area contributed by atoms with Gasteiger partial charge < -0.3 is 5.32 Å². The number of benzene rings is 1. The van der Waals surface area contributed by atoms with Gasteiger partial charge in [0.2, 0.25) is 0 Å². The fourth-order valence-corrected chi connectivity index (χ4v) is 2.57.